The third-order valence-electron chi connectivity index (χ3n) is 6.15. The Bertz CT molecular complexity index is 1330. The number of hydrogen-bond donors (Lipinski definition) is 4. The van der Waals surface area contributed by atoms with Crippen molar-refractivity contribution in [2.75, 3.05) is 16.8 Å². The lowest BCUT2D eigenvalue weighted by atomic mass is 10.0. The van der Waals surface area contributed by atoms with Crippen LogP contribution in [0.4, 0.5) is 20.6 Å². The summed E-state index contributed by atoms with van der Waals surface area (Å²) in [4.78, 5) is 50.9. The Morgan fingerprint density at radius 3 is 2.50 bits per heavy atom. The summed E-state index contributed by atoms with van der Waals surface area (Å²) in [6.07, 6.45) is -0.496. The summed E-state index contributed by atoms with van der Waals surface area (Å²) >= 11 is 0. The van der Waals surface area contributed by atoms with Crippen molar-refractivity contribution >= 4 is 35.2 Å². The first-order chi connectivity index (χ1) is 18.3. The van der Waals surface area contributed by atoms with Crippen LogP contribution in [-0.4, -0.2) is 35.5 Å². The van der Waals surface area contributed by atoms with Gasteiger partial charge in [-0.05, 0) is 41.5 Å². The number of aliphatic carboxylic acids is 1. The molecule has 1 aliphatic heterocycles. The number of carboxylic acid groups (broad SMARTS) is 1. The molecule has 0 spiro atoms. The number of benzene rings is 3. The van der Waals surface area contributed by atoms with Gasteiger partial charge in [0.1, 0.15) is 5.82 Å². The number of halogens is 1. The normalized spacial score (nSPS) is 15.6. The standard InChI is InChI=1S/C28H27FN4O5/c29-21-9-4-8-19(12-21)24(15-26(35)36)32-27(37)20-13-25(34)33(17-20)23-11-5-10-22(14-23)31-28(38)30-16-18-6-2-1-3-7-18/h1-12,14,20,24H,13,15-17H2,(H,32,37)(H,35,36)(H2,30,31,38)/t20-,24-/m1/s1. The summed E-state index contributed by atoms with van der Waals surface area (Å²) in [5.74, 6) is -3.20. The monoisotopic (exact) mass is 518 g/mol. The maximum Gasteiger partial charge on any atom is 0.319 e. The summed E-state index contributed by atoms with van der Waals surface area (Å²) < 4.78 is 13.7. The zero-order valence-corrected chi connectivity index (χ0v) is 20.4. The average molecular weight is 519 g/mol. The highest BCUT2D eigenvalue weighted by atomic mass is 19.1. The summed E-state index contributed by atoms with van der Waals surface area (Å²) in [6, 6.07) is 20.2. The van der Waals surface area contributed by atoms with E-state index in [1.807, 2.05) is 30.3 Å². The van der Waals surface area contributed by atoms with Gasteiger partial charge in [-0.2, -0.15) is 0 Å². The molecule has 0 bridgehead atoms. The molecule has 1 heterocycles. The second-order valence-corrected chi connectivity index (χ2v) is 8.96. The molecule has 4 amide bonds. The Kier molecular flexibility index (Phi) is 8.32. The van der Waals surface area contributed by atoms with E-state index in [0.717, 1.165) is 5.56 Å². The van der Waals surface area contributed by atoms with E-state index in [1.165, 1.54) is 29.2 Å². The molecule has 0 unspecified atom stereocenters. The van der Waals surface area contributed by atoms with Crippen LogP contribution < -0.4 is 20.9 Å². The van der Waals surface area contributed by atoms with Crippen molar-refractivity contribution in [3.8, 4) is 0 Å². The highest BCUT2D eigenvalue weighted by molar-refractivity contribution is 6.01. The zero-order chi connectivity index (χ0) is 27.1. The quantitative estimate of drug-likeness (QED) is 0.342. The fraction of sp³-hybridized carbons (Fsp3) is 0.214. The Labute approximate surface area is 218 Å². The van der Waals surface area contributed by atoms with Gasteiger partial charge < -0.3 is 26.0 Å². The molecular formula is C28H27FN4O5. The number of amides is 4. The van der Waals surface area contributed by atoms with E-state index in [9.17, 15) is 28.7 Å². The van der Waals surface area contributed by atoms with Crippen molar-refractivity contribution in [1.29, 1.82) is 0 Å². The van der Waals surface area contributed by atoms with Crippen LogP contribution in [0.25, 0.3) is 0 Å². The van der Waals surface area contributed by atoms with E-state index in [2.05, 4.69) is 16.0 Å². The van der Waals surface area contributed by atoms with Crippen molar-refractivity contribution in [3.63, 3.8) is 0 Å². The Balaban J connectivity index is 1.38. The lowest BCUT2D eigenvalue weighted by Crippen LogP contribution is -2.36. The van der Waals surface area contributed by atoms with Gasteiger partial charge in [0.15, 0.2) is 0 Å². The minimum absolute atomic E-state index is 0.0655. The van der Waals surface area contributed by atoms with Crippen molar-refractivity contribution in [3.05, 3.63) is 95.8 Å². The van der Waals surface area contributed by atoms with E-state index < -0.39 is 42.1 Å². The lowest BCUT2D eigenvalue weighted by Gasteiger charge is -2.21. The number of anilines is 2. The van der Waals surface area contributed by atoms with Crippen LogP contribution in [0.5, 0.6) is 0 Å². The van der Waals surface area contributed by atoms with Crippen LogP contribution in [0.2, 0.25) is 0 Å². The molecule has 0 aromatic heterocycles. The second-order valence-electron chi connectivity index (χ2n) is 8.96. The summed E-state index contributed by atoms with van der Waals surface area (Å²) in [5, 5.41) is 17.4. The van der Waals surface area contributed by atoms with Crippen molar-refractivity contribution in [1.82, 2.24) is 10.6 Å². The molecule has 1 fully saturated rings. The Morgan fingerprint density at radius 1 is 1.00 bits per heavy atom. The molecule has 0 aliphatic carbocycles. The molecule has 4 N–H and O–H groups in total. The van der Waals surface area contributed by atoms with Crippen LogP contribution in [0, 0.1) is 11.7 Å². The number of carbonyl (C=O) groups is 4. The third-order valence-corrected chi connectivity index (χ3v) is 6.15. The van der Waals surface area contributed by atoms with Crippen LogP contribution in [0.3, 0.4) is 0 Å². The highest BCUT2D eigenvalue weighted by Gasteiger charge is 2.36. The number of carbonyl (C=O) groups excluding carboxylic acids is 3. The van der Waals surface area contributed by atoms with E-state index >= 15 is 0 Å². The number of nitrogens with one attached hydrogen (secondary N) is 3. The predicted octanol–water partition coefficient (Wildman–Crippen LogP) is 3.83. The van der Waals surface area contributed by atoms with Crippen LogP contribution in [0.1, 0.15) is 30.0 Å². The van der Waals surface area contributed by atoms with Gasteiger partial charge in [-0.3, -0.25) is 14.4 Å². The minimum atomic E-state index is -1.15. The third kappa shape index (κ3) is 6.94. The van der Waals surface area contributed by atoms with Gasteiger partial charge in [-0.1, -0.05) is 48.5 Å². The molecule has 0 radical (unpaired) electrons. The molecule has 1 aliphatic rings. The second kappa shape index (κ2) is 12.0. The first-order valence-corrected chi connectivity index (χ1v) is 12.1. The molecule has 3 aromatic carbocycles. The molecule has 1 saturated heterocycles. The largest absolute Gasteiger partial charge is 0.481 e. The number of carboxylic acids is 1. The van der Waals surface area contributed by atoms with E-state index in [-0.39, 0.29) is 18.9 Å². The molecule has 9 nitrogen and oxygen atoms in total. The van der Waals surface area contributed by atoms with Gasteiger partial charge in [0, 0.05) is 30.9 Å². The van der Waals surface area contributed by atoms with Gasteiger partial charge in [-0.15, -0.1) is 0 Å². The van der Waals surface area contributed by atoms with Crippen LogP contribution in [0.15, 0.2) is 78.9 Å². The smallest absolute Gasteiger partial charge is 0.319 e. The minimum Gasteiger partial charge on any atom is -0.481 e. The number of urea groups is 1. The molecule has 4 rings (SSSR count). The van der Waals surface area contributed by atoms with Gasteiger partial charge in [-0.25, -0.2) is 9.18 Å². The SMILES string of the molecule is O=C(O)C[C@@H](NC(=O)[C@@H]1CC(=O)N(c2cccc(NC(=O)NCc3ccccc3)c2)C1)c1cccc(F)c1. The lowest BCUT2D eigenvalue weighted by molar-refractivity contribution is -0.138. The zero-order valence-electron chi connectivity index (χ0n) is 20.4. The fourth-order valence-corrected chi connectivity index (χ4v) is 4.28. The van der Waals surface area contributed by atoms with Gasteiger partial charge in [0.05, 0.1) is 18.4 Å². The Morgan fingerprint density at radius 2 is 1.76 bits per heavy atom. The summed E-state index contributed by atoms with van der Waals surface area (Å²) in [5.41, 5.74) is 2.26. The molecule has 3 aromatic rings. The van der Waals surface area contributed by atoms with Crippen molar-refractivity contribution in [2.24, 2.45) is 5.92 Å². The van der Waals surface area contributed by atoms with Crippen LogP contribution >= 0.6 is 0 Å². The molecule has 196 valence electrons. The van der Waals surface area contributed by atoms with Crippen molar-refractivity contribution in [2.45, 2.75) is 25.4 Å². The molecule has 38 heavy (non-hydrogen) atoms. The van der Waals surface area contributed by atoms with E-state index in [4.69, 9.17) is 0 Å². The Hall–Kier alpha value is -4.73. The first kappa shape index (κ1) is 26.3. The first-order valence-electron chi connectivity index (χ1n) is 12.1. The topological polar surface area (TPSA) is 128 Å². The maximum atomic E-state index is 13.7. The summed E-state index contributed by atoms with van der Waals surface area (Å²) in [6.45, 7) is 0.434. The predicted molar refractivity (Wildman–Crippen MR) is 139 cm³/mol. The van der Waals surface area contributed by atoms with E-state index in [1.54, 1.807) is 24.3 Å². The van der Waals surface area contributed by atoms with Gasteiger partial charge in [0.25, 0.3) is 0 Å². The number of hydrogen-bond acceptors (Lipinski definition) is 4. The summed E-state index contributed by atoms with van der Waals surface area (Å²) in [7, 11) is 0. The molecule has 0 saturated carbocycles. The fourth-order valence-electron chi connectivity index (χ4n) is 4.28. The molecule has 10 heteroatoms. The number of nitrogens with zero attached hydrogens (tertiary/aromatic N) is 1. The number of rotatable bonds is 9. The average Bonchev–Trinajstić information content (AvgIpc) is 3.29. The molecule has 2 atom stereocenters. The van der Waals surface area contributed by atoms with Gasteiger partial charge in [0.2, 0.25) is 11.8 Å². The van der Waals surface area contributed by atoms with Crippen molar-refractivity contribution < 1.29 is 28.7 Å². The maximum absolute atomic E-state index is 13.7. The van der Waals surface area contributed by atoms with Gasteiger partial charge >= 0.3 is 12.0 Å². The van der Waals surface area contributed by atoms with Crippen LogP contribution in [-0.2, 0) is 20.9 Å². The highest BCUT2D eigenvalue weighted by Crippen LogP contribution is 2.28. The van der Waals surface area contributed by atoms with E-state index in [0.29, 0.717) is 23.5 Å². The molecular weight excluding hydrogens is 491 g/mol.